The molecule has 0 amide bonds. The molecule has 2 aliphatic carbocycles. The van der Waals surface area contributed by atoms with Gasteiger partial charge in [-0.2, -0.15) is 0 Å². The summed E-state index contributed by atoms with van der Waals surface area (Å²) in [6, 6.07) is 9.41. The van der Waals surface area contributed by atoms with Gasteiger partial charge in [0, 0.05) is 35.7 Å². The highest BCUT2D eigenvalue weighted by molar-refractivity contribution is 7.92. The molecule has 1 fully saturated rings. The number of carbonyl (C=O) groups is 1. The lowest BCUT2D eigenvalue weighted by molar-refractivity contribution is -0.119. The molecule has 0 aliphatic heterocycles. The summed E-state index contributed by atoms with van der Waals surface area (Å²) in [4.78, 5) is 17.0. The lowest BCUT2D eigenvalue weighted by Crippen LogP contribution is -2.14. The van der Waals surface area contributed by atoms with Gasteiger partial charge in [-0.15, -0.1) is 0 Å². The van der Waals surface area contributed by atoms with E-state index in [0.29, 0.717) is 12.1 Å². The molecule has 5 nitrogen and oxygen atoms in total. The van der Waals surface area contributed by atoms with Gasteiger partial charge in [0.15, 0.2) is 0 Å². The zero-order valence-electron chi connectivity index (χ0n) is 16.2. The van der Waals surface area contributed by atoms with Gasteiger partial charge >= 0.3 is 0 Å². The van der Waals surface area contributed by atoms with Crippen LogP contribution in [0.5, 0.6) is 0 Å². The zero-order valence-corrected chi connectivity index (χ0v) is 17.0. The van der Waals surface area contributed by atoms with Gasteiger partial charge in [-0.3, -0.25) is 14.5 Å². The fraction of sp³-hybridized carbons (Fsp3) is 0.364. The Hall–Kier alpha value is -2.47. The molecule has 0 bridgehead atoms. The molecule has 4 rings (SSSR count). The summed E-state index contributed by atoms with van der Waals surface area (Å²) in [6.07, 6.45) is 5.35. The molecule has 0 saturated heterocycles. The number of sulfonamides is 1. The maximum atomic E-state index is 12.3. The Morgan fingerprint density at radius 2 is 1.93 bits per heavy atom. The fourth-order valence-corrected chi connectivity index (χ4v) is 4.25. The van der Waals surface area contributed by atoms with E-state index in [2.05, 4.69) is 17.7 Å². The van der Waals surface area contributed by atoms with Crippen molar-refractivity contribution in [1.29, 1.82) is 0 Å². The number of nitrogens with one attached hydrogen (secondary N) is 1. The van der Waals surface area contributed by atoms with Gasteiger partial charge in [0.25, 0.3) is 0 Å². The summed E-state index contributed by atoms with van der Waals surface area (Å²) in [5, 5.41) is 0. The first-order valence-electron chi connectivity index (χ1n) is 9.70. The van der Waals surface area contributed by atoms with E-state index in [4.69, 9.17) is 4.98 Å². The highest BCUT2D eigenvalue weighted by Gasteiger charge is 2.30. The molecule has 0 spiro atoms. The Bertz CT molecular complexity index is 1070. The van der Waals surface area contributed by atoms with E-state index in [1.54, 1.807) is 19.1 Å². The van der Waals surface area contributed by atoms with Crippen molar-refractivity contribution in [2.45, 2.75) is 39.5 Å². The van der Waals surface area contributed by atoms with Crippen LogP contribution in [-0.2, 0) is 27.7 Å². The number of carbonyl (C=O) groups excluding carboxylic acids is 1. The summed E-state index contributed by atoms with van der Waals surface area (Å²) in [6.45, 7) is 3.69. The predicted molar refractivity (Wildman–Crippen MR) is 112 cm³/mol. The lowest BCUT2D eigenvalue weighted by Gasteiger charge is -2.14. The first-order valence-corrected chi connectivity index (χ1v) is 11.3. The van der Waals surface area contributed by atoms with E-state index in [-0.39, 0.29) is 17.5 Å². The third-order valence-corrected chi connectivity index (χ3v) is 6.69. The number of ketones is 1. The number of benzene rings is 1. The van der Waals surface area contributed by atoms with E-state index in [0.717, 1.165) is 47.3 Å². The van der Waals surface area contributed by atoms with Crippen LogP contribution >= 0.6 is 0 Å². The molecule has 1 aromatic heterocycles. The third-order valence-electron chi connectivity index (χ3n) is 5.38. The Morgan fingerprint density at radius 1 is 1.21 bits per heavy atom. The van der Waals surface area contributed by atoms with E-state index in [1.807, 2.05) is 18.2 Å². The molecule has 28 heavy (non-hydrogen) atoms. The first-order chi connectivity index (χ1) is 13.4. The Morgan fingerprint density at radius 3 is 2.57 bits per heavy atom. The van der Waals surface area contributed by atoms with Crippen LogP contribution in [0.1, 0.15) is 43.6 Å². The second kappa shape index (κ2) is 7.17. The number of fused-ring (bicyclic) bond motifs is 1. The monoisotopic (exact) mass is 396 g/mol. The van der Waals surface area contributed by atoms with Crippen LogP contribution in [0.4, 0.5) is 5.69 Å². The van der Waals surface area contributed by atoms with Crippen molar-refractivity contribution < 1.29 is 13.2 Å². The Kier molecular flexibility index (Phi) is 4.83. The summed E-state index contributed by atoms with van der Waals surface area (Å²) in [7, 11) is -3.30. The van der Waals surface area contributed by atoms with Crippen LogP contribution in [0, 0.1) is 5.92 Å². The van der Waals surface area contributed by atoms with E-state index < -0.39 is 10.0 Å². The highest BCUT2D eigenvalue weighted by Crippen LogP contribution is 2.37. The molecule has 2 aliphatic rings. The van der Waals surface area contributed by atoms with E-state index >= 15 is 0 Å². The summed E-state index contributed by atoms with van der Waals surface area (Å²) in [5.41, 5.74) is 6.76. The van der Waals surface area contributed by atoms with Crippen molar-refractivity contribution in [3.63, 3.8) is 0 Å². The van der Waals surface area contributed by atoms with Crippen molar-refractivity contribution in [3.05, 3.63) is 53.4 Å². The minimum atomic E-state index is -3.30. The van der Waals surface area contributed by atoms with E-state index in [9.17, 15) is 13.2 Å². The zero-order chi connectivity index (χ0) is 19.9. The Balaban J connectivity index is 1.68. The number of allylic oxidation sites excluding steroid dienone is 2. The van der Waals surface area contributed by atoms with Crippen LogP contribution in [-0.4, -0.2) is 24.9 Å². The average Bonchev–Trinajstić information content (AvgIpc) is 3.46. The van der Waals surface area contributed by atoms with Crippen LogP contribution in [0.15, 0.2) is 36.4 Å². The molecule has 0 atom stereocenters. The molecule has 6 heteroatoms. The third kappa shape index (κ3) is 3.87. The first kappa shape index (κ1) is 18.9. The van der Waals surface area contributed by atoms with Crippen LogP contribution in [0.3, 0.4) is 0 Å². The molecule has 1 N–H and O–H groups in total. The molecule has 2 aromatic rings. The Labute approximate surface area is 165 Å². The fourth-order valence-electron chi connectivity index (χ4n) is 3.61. The normalized spacial score (nSPS) is 15.9. The molecule has 0 unspecified atom stereocenters. The number of hydrogen-bond donors (Lipinski definition) is 1. The van der Waals surface area contributed by atoms with Gasteiger partial charge in [0.1, 0.15) is 5.78 Å². The highest BCUT2D eigenvalue weighted by atomic mass is 32.2. The van der Waals surface area contributed by atoms with Gasteiger partial charge < -0.3 is 0 Å². The van der Waals surface area contributed by atoms with Crippen molar-refractivity contribution in [3.8, 4) is 11.1 Å². The van der Waals surface area contributed by atoms with Gasteiger partial charge in [-0.1, -0.05) is 18.2 Å². The molecule has 146 valence electrons. The van der Waals surface area contributed by atoms with Gasteiger partial charge in [-0.05, 0) is 61.6 Å². The largest absolute Gasteiger partial charge is 0.299 e. The van der Waals surface area contributed by atoms with E-state index in [1.165, 1.54) is 5.57 Å². The number of hydrogen-bond acceptors (Lipinski definition) is 4. The standard InChI is InChI=1S/C22H24N2O3S/c1-3-28(26,27)24-17-9-7-15(8-10-17)19-12-18(13-21(25)16-5-6-16)23-20-11-4-14(2)22(19)20/h4,7-10,12,16,24H,3,5-6,11,13H2,1-2H3. The van der Waals surface area contributed by atoms with Crippen LogP contribution in [0.25, 0.3) is 16.7 Å². The van der Waals surface area contributed by atoms with Gasteiger partial charge in [-0.25, -0.2) is 8.42 Å². The van der Waals surface area contributed by atoms with Gasteiger partial charge in [0.2, 0.25) is 10.0 Å². The number of nitrogens with zero attached hydrogens (tertiary/aromatic N) is 1. The number of pyridine rings is 1. The predicted octanol–water partition coefficient (Wildman–Crippen LogP) is 3.99. The number of aromatic nitrogens is 1. The maximum Gasteiger partial charge on any atom is 0.232 e. The molecule has 1 aromatic carbocycles. The van der Waals surface area contributed by atoms with Gasteiger partial charge in [0.05, 0.1) is 11.4 Å². The number of Topliss-reactive ketones (excluding diaryl/α,β-unsaturated/α-hetero) is 1. The van der Waals surface area contributed by atoms with Crippen molar-refractivity contribution in [2.24, 2.45) is 5.92 Å². The second-order valence-corrected chi connectivity index (χ2v) is 9.59. The quantitative estimate of drug-likeness (QED) is 0.768. The number of anilines is 1. The lowest BCUT2D eigenvalue weighted by atomic mass is 9.95. The number of rotatable bonds is 7. The second-order valence-electron chi connectivity index (χ2n) is 7.57. The average molecular weight is 397 g/mol. The minimum absolute atomic E-state index is 0.0367. The van der Waals surface area contributed by atoms with Crippen LogP contribution in [0.2, 0.25) is 0 Å². The summed E-state index contributed by atoms with van der Waals surface area (Å²) in [5.74, 6) is 0.546. The molecular formula is C22H24N2O3S. The molecular weight excluding hydrogens is 372 g/mol. The van der Waals surface area contributed by atoms with Crippen molar-refractivity contribution in [1.82, 2.24) is 4.98 Å². The SMILES string of the molecule is CCS(=O)(=O)Nc1ccc(-c2cc(CC(=O)C3CC3)nc3c2C(C)=CC3)cc1. The molecule has 1 heterocycles. The van der Waals surface area contributed by atoms with Crippen molar-refractivity contribution in [2.75, 3.05) is 10.5 Å². The van der Waals surface area contributed by atoms with Crippen molar-refractivity contribution >= 4 is 27.1 Å². The molecule has 1 saturated carbocycles. The summed E-state index contributed by atoms with van der Waals surface area (Å²) >= 11 is 0. The smallest absolute Gasteiger partial charge is 0.232 e. The topological polar surface area (TPSA) is 76.1 Å². The van der Waals surface area contributed by atoms with Crippen LogP contribution < -0.4 is 4.72 Å². The minimum Gasteiger partial charge on any atom is -0.299 e. The molecule has 0 radical (unpaired) electrons. The summed E-state index contributed by atoms with van der Waals surface area (Å²) < 4.78 is 26.1. The maximum absolute atomic E-state index is 12.3.